The molecule has 28 heavy (non-hydrogen) atoms. The molecule has 0 atom stereocenters. The first-order valence-electron chi connectivity index (χ1n) is 9.61. The smallest absolute Gasteiger partial charge is 0.132 e. The van der Waals surface area contributed by atoms with Crippen LogP contribution in [0.1, 0.15) is 22.5 Å². The fraction of sp³-hybridized carbons (Fsp3) is 0.217. The zero-order valence-electron chi connectivity index (χ0n) is 16.3. The number of anilines is 2. The predicted molar refractivity (Wildman–Crippen MR) is 116 cm³/mol. The van der Waals surface area contributed by atoms with Crippen molar-refractivity contribution in [1.82, 2.24) is 15.0 Å². The fourth-order valence-electron chi connectivity index (χ4n) is 3.43. The van der Waals surface area contributed by atoms with E-state index in [1.165, 1.54) is 27.6 Å². The molecule has 3 N–H and O–H groups in total. The molecule has 0 bridgehead atoms. The van der Waals surface area contributed by atoms with Gasteiger partial charge in [0, 0.05) is 36.3 Å². The molecule has 2 aromatic heterocycles. The SMILES string of the molecule is Cc1cccc(CNc2cc(NCCc3c[nH]c4ccccc34)nc(C)n2)c1. The van der Waals surface area contributed by atoms with Crippen LogP contribution in [0.3, 0.4) is 0 Å². The van der Waals surface area contributed by atoms with Gasteiger partial charge in [0.2, 0.25) is 0 Å². The summed E-state index contributed by atoms with van der Waals surface area (Å²) in [4.78, 5) is 12.3. The van der Waals surface area contributed by atoms with Crippen LogP contribution < -0.4 is 10.6 Å². The minimum Gasteiger partial charge on any atom is -0.370 e. The normalized spacial score (nSPS) is 10.9. The van der Waals surface area contributed by atoms with E-state index in [0.717, 1.165) is 37.0 Å². The molecule has 4 aromatic rings. The number of rotatable bonds is 7. The molecule has 0 radical (unpaired) electrons. The third kappa shape index (κ3) is 4.31. The molecule has 5 heteroatoms. The van der Waals surface area contributed by atoms with Crippen LogP contribution in [-0.2, 0) is 13.0 Å². The lowest BCUT2D eigenvalue weighted by Crippen LogP contribution is -2.09. The molecule has 2 aromatic carbocycles. The van der Waals surface area contributed by atoms with Crippen molar-refractivity contribution >= 4 is 22.5 Å². The number of hydrogen-bond donors (Lipinski definition) is 3. The molecule has 0 fully saturated rings. The molecule has 0 saturated carbocycles. The summed E-state index contributed by atoms with van der Waals surface area (Å²) in [6.07, 6.45) is 3.02. The molecule has 0 aliphatic heterocycles. The highest BCUT2D eigenvalue weighted by Crippen LogP contribution is 2.18. The zero-order chi connectivity index (χ0) is 19.3. The Morgan fingerprint density at radius 3 is 2.57 bits per heavy atom. The number of hydrogen-bond acceptors (Lipinski definition) is 4. The number of fused-ring (bicyclic) bond motifs is 1. The van der Waals surface area contributed by atoms with Gasteiger partial charge < -0.3 is 15.6 Å². The fourth-order valence-corrected chi connectivity index (χ4v) is 3.43. The van der Waals surface area contributed by atoms with Gasteiger partial charge in [-0.1, -0.05) is 48.0 Å². The van der Waals surface area contributed by atoms with Crippen LogP contribution in [0.2, 0.25) is 0 Å². The van der Waals surface area contributed by atoms with Crippen molar-refractivity contribution < 1.29 is 0 Å². The molecule has 2 heterocycles. The zero-order valence-corrected chi connectivity index (χ0v) is 16.3. The van der Waals surface area contributed by atoms with E-state index in [1.807, 2.05) is 13.0 Å². The summed E-state index contributed by atoms with van der Waals surface area (Å²) >= 11 is 0. The standard InChI is InChI=1S/C23H25N5/c1-16-6-5-7-18(12-16)14-26-23-13-22(27-17(2)28-23)24-11-10-19-15-25-21-9-4-3-8-20(19)21/h3-9,12-13,15,25H,10-11,14H2,1-2H3,(H2,24,26,27,28). The van der Waals surface area contributed by atoms with Crippen LogP contribution in [0.5, 0.6) is 0 Å². The summed E-state index contributed by atoms with van der Waals surface area (Å²) in [5, 5.41) is 8.11. The number of aromatic amines is 1. The van der Waals surface area contributed by atoms with E-state index < -0.39 is 0 Å². The van der Waals surface area contributed by atoms with Crippen LogP contribution >= 0.6 is 0 Å². The maximum absolute atomic E-state index is 4.51. The number of para-hydroxylation sites is 1. The highest BCUT2D eigenvalue weighted by atomic mass is 15.1. The second kappa shape index (κ2) is 8.13. The van der Waals surface area contributed by atoms with E-state index in [9.17, 15) is 0 Å². The van der Waals surface area contributed by atoms with E-state index in [0.29, 0.717) is 0 Å². The Morgan fingerprint density at radius 1 is 0.893 bits per heavy atom. The monoisotopic (exact) mass is 371 g/mol. The van der Waals surface area contributed by atoms with Gasteiger partial charge in [-0.25, -0.2) is 9.97 Å². The lowest BCUT2D eigenvalue weighted by atomic mass is 10.1. The van der Waals surface area contributed by atoms with Crippen LogP contribution in [0, 0.1) is 13.8 Å². The predicted octanol–water partition coefficient (Wildman–Crippen LogP) is 4.84. The van der Waals surface area contributed by atoms with Crippen molar-refractivity contribution in [2.45, 2.75) is 26.8 Å². The number of benzene rings is 2. The second-order valence-electron chi connectivity index (χ2n) is 7.06. The van der Waals surface area contributed by atoms with Gasteiger partial charge in [-0.05, 0) is 37.5 Å². The van der Waals surface area contributed by atoms with Gasteiger partial charge in [-0.3, -0.25) is 0 Å². The minimum absolute atomic E-state index is 0.743. The third-order valence-electron chi connectivity index (χ3n) is 4.77. The molecule has 142 valence electrons. The van der Waals surface area contributed by atoms with Gasteiger partial charge in [0.1, 0.15) is 17.5 Å². The first kappa shape index (κ1) is 18.0. The van der Waals surface area contributed by atoms with Crippen molar-refractivity contribution in [3.63, 3.8) is 0 Å². The third-order valence-corrected chi connectivity index (χ3v) is 4.77. The van der Waals surface area contributed by atoms with Crippen LogP contribution in [-0.4, -0.2) is 21.5 Å². The van der Waals surface area contributed by atoms with E-state index in [-0.39, 0.29) is 0 Å². The molecule has 0 aliphatic rings. The highest BCUT2D eigenvalue weighted by molar-refractivity contribution is 5.83. The molecule has 0 unspecified atom stereocenters. The average molecular weight is 371 g/mol. The van der Waals surface area contributed by atoms with E-state index in [4.69, 9.17) is 0 Å². The van der Waals surface area contributed by atoms with Gasteiger partial charge in [0.25, 0.3) is 0 Å². The second-order valence-corrected chi connectivity index (χ2v) is 7.06. The summed E-state index contributed by atoms with van der Waals surface area (Å²) in [7, 11) is 0. The van der Waals surface area contributed by atoms with Crippen molar-refractivity contribution in [1.29, 1.82) is 0 Å². The van der Waals surface area contributed by atoms with Gasteiger partial charge in [-0.15, -0.1) is 0 Å². The number of aryl methyl sites for hydroxylation is 2. The Morgan fingerprint density at radius 2 is 1.71 bits per heavy atom. The first-order chi connectivity index (χ1) is 13.7. The number of H-pyrrole nitrogens is 1. The average Bonchev–Trinajstić information content (AvgIpc) is 3.09. The summed E-state index contributed by atoms with van der Waals surface area (Å²) in [6, 6.07) is 18.8. The Balaban J connectivity index is 1.38. The molecule has 0 spiro atoms. The number of nitrogens with one attached hydrogen (secondary N) is 3. The molecule has 0 saturated heterocycles. The molecule has 5 nitrogen and oxygen atoms in total. The molecular formula is C23H25N5. The van der Waals surface area contributed by atoms with Gasteiger partial charge >= 0.3 is 0 Å². The number of aromatic nitrogens is 3. The van der Waals surface area contributed by atoms with Crippen molar-refractivity contribution in [3.05, 3.63) is 83.3 Å². The summed E-state index contributed by atoms with van der Waals surface area (Å²) in [5.41, 5.74) is 4.99. The Hall–Kier alpha value is -3.34. The van der Waals surface area contributed by atoms with Crippen molar-refractivity contribution in [3.8, 4) is 0 Å². The quantitative estimate of drug-likeness (QED) is 0.435. The van der Waals surface area contributed by atoms with E-state index >= 15 is 0 Å². The molecule has 4 rings (SSSR count). The lowest BCUT2D eigenvalue weighted by Gasteiger charge is -2.10. The minimum atomic E-state index is 0.743. The summed E-state index contributed by atoms with van der Waals surface area (Å²) in [6.45, 7) is 5.58. The van der Waals surface area contributed by atoms with Crippen LogP contribution in [0.4, 0.5) is 11.6 Å². The largest absolute Gasteiger partial charge is 0.370 e. The summed E-state index contributed by atoms with van der Waals surface area (Å²) < 4.78 is 0. The van der Waals surface area contributed by atoms with Crippen LogP contribution in [0.15, 0.2) is 60.8 Å². The topological polar surface area (TPSA) is 65.6 Å². The molecule has 0 aliphatic carbocycles. The lowest BCUT2D eigenvalue weighted by molar-refractivity contribution is 0.978. The van der Waals surface area contributed by atoms with E-state index in [1.54, 1.807) is 0 Å². The molecule has 0 amide bonds. The Labute approximate surface area is 165 Å². The maximum atomic E-state index is 4.51. The van der Waals surface area contributed by atoms with Crippen molar-refractivity contribution in [2.24, 2.45) is 0 Å². The Kier molecular flexibility index (Phi) is 5.24. The van der Waals surface area contributed by atoms with Gasteiger partial charge in [0.15, 0.2) is 0 Å². The van der Waals surface area contributed by atoms with Crippen molar-refractivity contribution in [2.75, 3.05) is 17.2 Å². The van der Waals surface area contributed by atoms with Crippen LogP contribution in [0.25, 0.3) is 10.9 Å². The van der Waals surface area contributed by atoms with Gasteiger partial charge in [0.05, 0.1) is 0 Å². The van der Waals surface area contributed by atoms with E-state index in [2.05, 4.69) is 87.2 Å². The number of nitrogens with zero attached hydrogens (tertiary/aromatic N) is 2. The Bertz CT molecular complexity index is 1080. The summed E-state index contributed by atoms with van der Waals surface area (Å²) in [5.74, 6) is 2.44. The first-order valence-corrected chi connectivity index (χ1v) is 9.61. The van der Waals surface area contributed by atoms with Gasteiger partial charge in [-0.2, -0.15) is 0 Å². The molecular weight excluding hydrogens is 346 g/mol. The maximum Gasteiger partial charge on any atom is 0.132 e. The highest BCUT2D eigenvalue weighted by Gasteiger charge is 2.05.